The molecule has 0 unspecified atom stereocenters. The average Bonchev–Trinajstić information content (AvgIpc) is 2.78. The molecule has 0 fully saturated rings. The third kappa shape index (κ3) is 4.54. The van der Waals surface area contributed by atoms with E-state index >= 15 is 0 Å². The van der Waals surface area contributed by atoms with Gasteiger partial charge in [-0.2, -0.15) is 15.2 Å². The second-order valence-electron chi connectivity index (χ2n) is 7.33. The molecule has 178 valence electrons. The minimum Gasteiger partial charge on any atom is -0.382 e. The lowest BCUT2D eigenvalue weighted by Crippen LogP contribution is -2.26. The molecule has 0 amide bonds. The number of nitrogen functional groups attached to an aromatic ring is 2. The molecule has 2 aromatic heterocycles. The SMILES string of the molecule is N#Cc1c(N)nc(N)nc1NCCc1nc2cccc(F)c2c(=O)n1-c1cc(F)cc(C(F)F)c1. The second-order valence-corrected chi connectivity index (χ2v) is 7.33. The van der Waals surface area contributed by atoms with Crippen LogP contribution in [0.2, 0.25) is 0 Å². The van der Waals surface area contributed by atoms with E-state index in [1.165, 1.54) is 12.1 Å². The van der Waals surface area contributed by atoms with Crippen LogP contribution in [0.5, 0.6) is 0 Å². The molecule has 0 radical (unpaired) electrons. The summed E-state index contributed by atoms with van der Waals surface area (Å²) in [6.45, 7) is 0.00879. The zero-order valence-corrected chi connectivity index (χ0v) is 17.8. The summed E-state index contributed by atoms with van der Waals surface area (Å²) in [5.74, 6) is -2.15. The van der Waals surface area contributed by atoms with Gasteiger partial charge in [-0.1, -0.05) is 6.07 Å². The van der Waals surface area contributed by atoms with Gasteiger partial charge in [-0.3, -0.25) is 9.36 Å². The quantitative estimate of drug-likeness (QED) is 0.354. The smallest absolute Gasteiger partial charge is 0.268 e. The maximum atomic E-state index is 14.5. The van der Waals surface area contributed by atoms with E-state index in [1.54, 1.807) is 0 Å². The molecule has 9 nitrogen and oxygen atoms in total. The second kappa shape index (κ2) is 9.26. The van der Waals surface area contributed by atoms with Crippen molar-refractivity contribution in [3.63, 3.8) is 0 Å². The van der Waals surface area contributed by atoms with Crippen LogP contribution in [0, 0.1) is 23.0 Å². The fraction of sp³-hybridized carbons (Fsp3) is 0.136. The Morgan fingerprint density at radius 2 is 1.89 bits per heavy atom. The van der Waals surface area contributed by atoms with Crippen molar-refractivity contribution in [3.8, 4) is 11.8 Å². The number of hydrogen-bond donors (Lipinski definition) is 3. The van der Waals surface area contributed by atoms with Crippen molar-refractivity contribution in [2.45, 2.75) is 12.8 Å². The van der Waals surface area contributed by atoms with E-state index in [0.29, 0.717) is 6.07 Å². The van der Waals surface area contributed by atoms with Crippen LogP contribution in [-0.2, 0) is 6.42 Å². The third-order valence-corrected chi connectivity index (χ3v) is 5.04. The lowest BCUT2D eigenvalue weighted by Gasteiger charge is -2.16. The molecule has 2 aromatic carbocycles. The van der Waals surface area contributed by atoms with E-state index < -0.39 is 29.2 Å². The minimum absolute atomic E-state index is 0.00879. The molecule has 0 aliphatic carbocycles. The number of halogens is 4. The lowest BCUT2D eigenvalue weighted by molar-refractivity contribution is 0.151. The maximum Gasteiger partial charge on any atom is 0.268 e. The van der Waals surface area contributed by atoms with Gasteiger partial charge in [-0.15, -0.1) is 0 Å². The molecule has 0 bridgehead atoms. The average molecular weight is 484 g/mol. The molecular formula is C22H16F4N8O. The molecule has 2 heterocycles. The van der Waals surface area contributed by atoms with E-state index in [0.717, 1.165) is 22.8 Å². The largest absolute Gasteiger partial charge is 0.382 e. The zero-order chi connectivity index (χ0) is 25.3. The van der Waals surface area contributed by atoms with E-state index in [9.17, 15) is 27.6 Å². The Morgan fingerprint density at radius 3 is 2.60 bits per heavy atom. The highest BCUT2D eigenvalue weighted by atomic mass is 19.3. The van der Waals surface area contributed by atoms with Gasteiger partial charge in [0.2, 0.25) is 5.95 Å². The first kappa shape index (κ1) is 23.4. The zero-order valence-electron chi connectivity index (χ0n) is 17.8. The van der Waals surface area contributed by atoms with Crippen LogP contribution in [-0.4, -0.2) is 26.1 Å². The Hall–Kier alpha value is -4.73. The normalized spacial score (nSPS) is 11.1. The molecule has 35 heavy (non-hydrogen) atoms. The first-order chi connectivity index (χ1) is 16.7. The minimum atomic E-state index is -3.01. The standard InChI is InChI=1S/C22H16F4N8O/c23-11-6-10(18(25)26)7-12(8-11)34-16(31-15-3-1-2-14(24)17(15)21(34)35)4-5-30-20-13(9-27)19(28)32-22(29)33-20/h1-3,6-8,18H,4-5H2,(H5,28,29,30,32,33). The Balaban J connectivity index is 1.81. The van der Waals surface area contributed by atoms with Crippen molar-refractivity contribution in [3.05, 3.63) is 75.3 Å². The molecule has 13 heteroatoms. The van der Waals surface area contributed by atoms with Gasteiger partial charge in [-0.05, 0) is 30.3 Å². The maximum absolute atomic E-state index is 14.5. The highest BCUT2D eigenvalue weighted by Gasteiger charge is 2.19. The number of benzene rings is 2. The van der Waals surface area contributed by atoms with Gasteiger partial charge in [0.15, 0.2) is 5.82 Å². The van der Waals surface area contributed by atoms with Crippen molar-refractivity contribution >= 4 is 28.5 Å². The van der Waals surface area contributed by atoms with Crippen LogP contribution in [0.25, 0.3) is 16.6 Å². The van der Waals surface area contributed by atoms with Gasteiger partial charge in [0.1, 0.15) is 40.3 Å². The van der Waals surface area contributed by atoms with Crippen molar-refractivity contribution in [1.82, 2.24) is 19.5 Å². The van der Waals surface area contributed by atoms with E-state index in [-0.39, 0.29) is 58.5 Å². The molecular weight excluding hydrogens is 468 g/mol. The molecule has 0 saturated carbocycles. The van der Waals surface area contributed by atoms with Crippen molar-refractivity contribution in [2.75, 3.05) is 23.3 Å². The van der Waals surface area contributed by atoms with Crippen LogP contribution in [0.3, 0.4) is 0 Å². The highest BCUT2D eigenvalue weighted by Crippen LogP contribution is 2.24. The van der Waals surface area contributed by atoms with E-state index in [4.69, 9.17) is 11.5 Å². The number of anilines is 3. The molecule has 0 aliphatic heterocycles. The Kier molecular flexibility index (Phi) is 6.20. The number of nitrogens with zero attached hydrogens (tertiary/aromatic N) is 5. The summed E-state index contributed by atoms with van der Waals surface area (Å²) in [5, 5.41) is 11.8. The van der Waals surface area contributed by atoms with Crippen molar-refractivity contribution in [2.24, 2.45) is 0 Å². The summed E-state index contributed by atoms with van der Waals surface area (Å²) in [4.78, 5) is 25.2. The van der Waals surface area contributed by atoms with Crippen LogP contribution in [0.1, 0.15) is 23.4 Å². The Bertz CT molecular complexity index is 1550. The summed E-state index contributed by atoms with van der Waals surface area (Å²) in [6.07, 6.45) is -3.05. The summed E-state index contributed by atoms with van der Waals surface area (Å²) in [6, 6.07) is 8.12. The number of fused-ring (bicyclic) bond motifs is 1. The lowest BCUT2D eigenvalue weighted by atomic mass is 10.1. The molecule has 0 spiro atoms. The number of nitrogens with two attached hydrogens (primary N) is 2. The Morgan fingerprint density at radius 1 is 1.11 bits per heavy atom. The monoisotopic (exact) mass is 484 g/mol. The number of nitrogens with one attached hydrogen (secondary N) is 1. The first-order valence-electron chi connectivity index (χ1n) is 10.1. The molecule has 0 saturated heterocycles. The van der Waals surface area contributed by atoms with Gasteiger partial charge in [0, 0.05) is 18.5 Å². The fourth-order valence-electron chi connectivity index (χ4n) is 3.55. The fourth-order valence-corrected chi connectivity index (χ4v) is 3.55. The number of nitriles is 1. The molecule has 5 N–H and O–H groups in total. The predicted octanol–water partition coefficient (Wildman–Crippen LogP) is 3.08. The van der Waals surface area contributed by atoms with Gasteiger partial charge < -0.3 is 16.8 Å². The first-order valence-corrected chi connectivity index (χ1v) is 10.1. The summed E-state index contributed by atoms with van der Waals surface area (Å²) < 4.78 is 56.1. The predicted molar refractivity (Wildman–Crippen MR) is 120 cm³/mol. The van der Waals surface area contributed by atoms with Crippen LogP contribution in [0.15, 0.2) is 41.2 Å². The highest BCUT2D eigenvalue weighted by molar-refractivity contribution is 5.78. The summed E-state index contributed by atoms with van der Waals surface area (Å²) >= 11 is 0. The van der Waals surface area contributed by atoms with Crippen LogP contribution in [0.4, 0.5) is 35.1 Å². The molecule has 4 aromatic rings. The number of rotatable bonds is 6. The van der Waals surface area contributed by atoms with Gasteiger partial charge in [-0.25, -0.2) is 22.5 Å². The van der Waals surface area contributed by atoms with E-state index in [1.807, 2.05) is 6.07 Å². The van der Waals surface area contributed by atoms with Gasteiger partial charge in [0.05, 0.1) is 11.2 Å². The summed E-state index contributed by atoms with van der Waals surface area (Å²) in [7, 11) is 0. The summed E-state index contributed by atoms with van der Waals surface area (Å²) in [5.41, 5.74) is 9.42. The van der Waals surface area contributed by atoms with Crippen LogP contribution >= 0.6 is 0 Å². The van der Waals surface area contributed by atoms with Crippen molar-refractivity contribution in [1.29, 1.82) is 5.26 Å². The Labute approximate surface area is 194 Å². The van der Waals surface area contributed by atoms with Crippen molar-refractivity contribution < 1.29 is 17.6 Å². The molecule has 4 rings (SSSR count). The molecule has 0 atom stereocenters. The topological polar surface area (TPSA) is 149 Å². The molecule has 0 aliphatic rings. The van der Waals surface area contributed by atoms with Gasteiger partial charge in [0.25, 0.3) is 12.0 Å². The van der Waals surface area contributed by atoms with Gasteiger partial charge >= 0.3 is 0 Å². The van der Waals surface area contributed by atoms with Crippen LogP contribution < -0.4 is 22.3 Å². The number of hydrogen-bond acceptors (Lipinski definition) is 8. The number of alkyl halides is 2. The number of aromatic nitrogens is 4. The third-order valence-electron chi connectivity index (χ3n) is 5.04. The van der Waals surface area contributed by atoms with E-state index in [2.05, 4.69) is 20.3 Å².